The molecule has 35 heavy (non-hydrogen) atoms. The number of benzene rings is 2. The Balaban J connectivity index is 1.44. The molecule has 0 unspecified atom stereocenters. The lowest BCUT2D eigenvalue weighted by atomic mass is 10.1. The second kappa shape index (κ2) is 8.88. The zero-order valence-corrected chi connectivity index (χ0v) is 20.0. The summed E-state index contributed by atoms with van der Waals surface area (Å²) in [6.07, 6.45) is 5.35. The number of para-hydroxylation sites is 1. The number of nitrogens with zero attached hydrogens (tertiary/aromatic N) is 4. The van der Waals surface area contributed by atoms with Crippen LogP contribution in [0.3, 0.4) is 0 Å². The summed E-state index contributed by atoms with van der Waals surface area (Å²) in [5, 5.41) is 11.0. The normalized spacial score (nSPS) is 11.7. The fraction of sp³-hybridized carbons (Fsp3) is 0.160. The van der Waals surface area contributed by atoms with Crippen molar-refractivity contribution in [3.05, 3.63) is 84.5 Å². The van der Waals surface area contributed by atoms with Crippen LogP contribution in [0, 0.1) is 6.92 Å². The van der Waals surface area contributed by atoms with Gasteiger partial charge < -0.3 is 14.4 Å². The Morgan fingerprint density at radius 2 is 1.89 bits per heavy atom. The number of hydrogen-bond acceptors (Lipinski definition) is 6. The quantitative estimate of drug-likeness (QED) is 0.372. The van der Waals surface area contributed by atoms with Crippen molar-refractivity contribution < 1.29 is 17.7 Å². The first-order valence-corrected chi connectivity index (χ1v) is 12.6. The highest BCUT2D eigenvalue weighted by molar-refractivity contribution is 7.92. The number of anilines is 1. The number of amides is 1. The largest absolute Gasteiger partial charge is 0.360 e. The minimum Gasteiger partial charge on any atom is -0.360 e. The average Bonchev–Trinajstić information content (AvgIpc) is 3.53. The first kappa shape index (κ1) is 22.6. The van der Waals surface area contributed by atoms with Gasteiger partial charge in [0.1, 0.15) is 11.5 Å². The number of aromatic nitrogens is 4. The Labute approximate surface area is 201 Å². The third-order valence-electron chi connectivity index (χ3n) is 5.62. The Morgan fingerprint density at radius 3 is 2.63 bits per heavy atom. The molecule has 0 bridgehead atoms. The molecule has 0 saturated heterocycles. The van der Waals surface area contributed by atoms with Gasteiger partial charge in [-0.15, -0.1) is 0 Å². The second-order valence-electron chi connectivity index (χ2n) is 8.37. The zero-order chi connectivity index (χ0) is 24.6. The van der Waals surface area contributed by atoms with Crippen LogP contribution in [0.5, 0.6) is 0 Å². The van der Waals surface area contributed by atoms with Crippen LogP contribution in [-0.4, -0.2) is 39.6 Å². The van der Waals surface area contributed by atoms with Gasteiger partial charge in [0.25, 0.3) is 0 Å². The molecule has 2 aromatic carbocycles. The Hall–Kier alpha value is -4.18. The maximum atomic E-state index is 13.2. The molecule has 0 aliphatic rings. The molecule has 0 aliphatic carbocycles. The summed E-state index contributed by atoms with van der Waals surface area (Å²) in [5.74, 6) is -0.694. The van der Waals surface area contributed by atoms with Crippen LogP contribution < -0.4 is 5.32 Å². The Bertz CT molecular complexity index is 1650. The highest BCUT2D eigenvalue weighted by Crippen LogP contribution is 2.28. The molecule has 3 heterocycles. The van der Waals surface area contributed by atoms with Gasteiger partial charge in [-0.3, -0.25) is 9.48 Å². The lowest BCUT2D eigenvalue weighted by molar-refractivity contribution is -0.113. The van der Waals surface area contributed by atoms with Gasteiger partial charge in [0.15, 0.2) is 15.7 Å². The van der Waals surface area contributed by atoms with E-state index < -0.39 is 21.5 Å². The van der Waals surface area contributed by atoms with Crippen LogP contribution >= 0.6 is 0 Å². The van der Waals surface area contributed by atoms with Crippen molar-refractivity contribution in [3.8, 4) is 11.1 Å². The van der Waals surface area contributed by atoms with E-state index in [9.17, 15) is 13.2 Å². The number of carbonyl (C=O) groups excluding carboxylic acids is 1. The van der Waals surface area contributed by atoms with E-state index in [-0.39, 0.29) is 10.7 Å². The van der Waals surface area contributed by atoms with E-state index in [4.69, 9.17) is 4.52 Å². The van der Waals surface area contributed by atoms with Crippen LogP contribution in [-0.2, 0) is 28.2 Å². The molecule has 1 amide bonds. The lowest BCUT2D eigenvalue weighted by Gasteiger charge is -2.07. The molecule has 3 aromatic heterocycles. The van der Waals surface area contributed by atoms with E-state index in [0.29, 0.717) is 17.7 Å². The average molecular weight is 490 g/mol. The molecule has 10 heteroatoms. The molecule has 0 aliphatic heterocycles. The van der Waals surface area contributed by atoms with Gasteiger partial charge in [0.05, 0.1) is 11.1 Å². The van der Waals surface area contributed by atoms with Gasteiger partial charge in [0, 0.05) is 48.5 Å². The van der Waals surface area contributed by atoms with E-state index in [1.807, 2.05) is 48.1 Å². The molecule has 5 aromatic rings. The summed E-state index contributed by atoms with van der Waals surface area (Å²) in [6.45, 7) is 2.15. The number of nitrogens with one attached hydrogen (secondary N) is 1. The zero-order valence-electron chi connectivity index (χ0n) is 19.2. The Kier molecular flexibility index (Phi) is 5.73. The van der Waals surface area contributed by atoms with Gasteiger partial charge in [-0.25, -0.2) is 8.42 Å². The molecule has 0 radical (unpaired) electrons. The predicted octanol–water partition coefficient (Wildman–Crippen LogP) is 3.80. The SMILES string of the molecule is Cc1cc(NC(=O)CS(=O)(=O)c2cn(Cc3cccc(-c4cnn(C)c4)c3)c3ccccc23)no1. The van der Waals surface area contributed by atoms with E-state index in [1.165, 1.54) is 6.07 Å². The van der Waals surface area contributed by atoms with Crippen molar-refractivity contribution in [2.24, 2.45) is 7.05 Å². The molecular formula is C25H23N5O4S. The first-order chi connectivity index (χ1) is 16.8. The van der Waals surface area contributed by atoms with Gasteiger partial charge in [-0.2, -0.15) is 5.10 Å². The summed E-state index contributed by atoms with van der Waals surface area (Å²) in [5.41, 5.74) is 3.81. The molecule has 0 atom stereocenters. The fourth-order valence-electron chi connectivity index (χ4n) is 4.06. The monoisotopic (exact) mass is 489 g/mol. The summed E-state index contributed by atoms with van der Waals surface area (Å²) in [4.78, 5) is 12.5. The van der Waals surface area contributed by atoms with Crippen LogP contribution in [0.4, 0.5) is 5.82 Å². The summed E-state index contributed by atoms with van der Waals surface area (Å²) in [6, 6.07) is 16.8. The van der Waals surface area contributed by atoms with E-state index in [2.05, 4.69) is 21.6 Å². The number of rotatable bonds is 7. The van der Waals surface area contributed by atoms with Gasteiger partial charge in [0.2, 0.25) is 5.91 Å². The maximum absolute atomic E-state index is 13.2. The van der Waals surface area contributed by atoms with E-state index in [1.54, 1.807) is 36.1 Å². The molecule has 1 N–H and O–H groups in total. The lowest BCUT2D eigenvalue weighted by Crippen LogP contribution is -2.23. The highest BCUT2D eigenvalue weighted by Gasteiger charge is 2.25. The van der Waals surface area contributed by atoms with Crippen LogP contribution in [0.25, 0.3) is 22.0 Å². The predicted molar refractivity (Wildman–Crippen MR) is 132 cm³/mol. The summed E-state index contributed by atoms with van der Waals surface area (Å²) < 4.78 is 35.0. The maximum Gasteiger partial charge on any atom is 0.241 e. The molecular weight excluding hydrogens is 466 g/mol. The summed E-state index contributed by atoms with van der Waals surface area (Å²) >= 11 is 0. The van der Waals surface area contributed by atoms with Crippen LogP contribution in [0.1, 0.15) is 11.3 Å². The van der Waals surface area contributed by atoms with Crippen molar-refractivity contribution >= 4 is 32.5 Å². The van der Waals surface area contributed by atoms with Gasteiger partial charge in [-0.1, -0.05) is 41.6 Å². The highest BCUT2D eigenvalue weighted by atomic mass is 32.2. The minimum absolute atomic E-state index is 0.114. The number of carbonyl (C=O) groups is 1. The number of aryl methyl sites for hydroxylation is 2. The van der Waals surface area contributed by atoms with Gasteiger partial charge >= 0.3 is 0 Å². The first-order valence-electron chi connectivity index (χ1n) is 10.9. The van der Waals surface area contributed by atoms with E-state index >= 15 is 0 Å². The topological polar surface area (TPSA) is 112 Å². The standard InChI is InChI=1S/C25H23N5O4S/c1-17-10-24(28-34-17)27-25(31)16-35(32,33)23-15-30(22-9-4-3-8-21(22)23)13-18-6-5-7-19(11-18)20-12-26-29(2)14-20/h3-12,14-15H,13,16H2,1-2H3,(H,27,28,31). The number of fused-ring (bicyclic) bond motifs is 1. The molecule has 0 fully saturated rings. The number of hydrogen-bond donors (Lipinski definition) is 1. The minimum atomic E-state index is -3.92. The smallest absolute Gasteiger partial charge is 0.241 e. The van der Waals surface area contributed by atoms with Crippen molar-refractivity contribution in [3.63, 3.8) is 0 Å². The van der Waals surface area contributed by atoms with Gasteiger partial charge in [-0.05, 0) is 30.2 Å². The molecule has 178 valence electrons. The molecule has 0 spiro atoms. The van der Waals surface area contributed by atoms with Crippen LogP contribution in [0.2, 0.25) is 0 Å². The summed E-state index contributed by atoms with van der Waals surface area (Å²) in [7, 11) is -2.05. The fourth-order valence-corrected chi connectivity index (χ4v) is 5.43. The third kappa shape index (κ3) is 4.73. The molecule has 9 nitrogen and oxygen atoms in total. The second-order valence-corrected chi connectivity index (χ2v) is 10.3. The van der Waals surface area contributed by atoms with Crippen molar-refractivity contribution in [2.75, 3.05) is 11.1 Å². The van der Waals surface area contributed by atoms with E-state index in [0.717, 1.165) is 22.2 Å². The van der Waals surface area contributed by atoms with Crippen LogP contribution in [0.15, 0.2) is 82.6 Å². The Morgan fingerprint density at radius 1 is 1.06 bits per heavy atom. The van der Waals surface area contributed by atoms with Crippen molar-refractivity contribution in [2.45, 2.75) is 18.4 Å². The molecule has 5 rings (SSSR count). The third-order valence-corrected chi connectivity index (χ3v) is 7.26. The number of sulfone groups is 1. The molecule has 0 saturated carbocycles. The van der Waals surface area contributed by atoms with Crippen molar-refractivity contribution in [1.82, 2.24) is 19.5 Å². The van der Waals surface area contributed by atoms with Crippen molar-refractivity contribution in [1.29, 1.82) is 0 Å².